The maximum Gasteiger partial charge on any atom is 0.422 e. The van der Waals surface area contributed by atoms with Crippen molar-refractivity contribution >= 4 is 6.03 Å². The van der Waals surface area contributed by atoms with Crippen LogP contribution in [0.5, 0.6) is 5.88 Å². The van der Waals surface area contributed by atoms with Gasteiger partial charge in [-0.1, -0.05) is 6.92 Å². The molecule has 0 radical (unpaired) electrons. The zero-order chi connectivity index (χ0) is 19.0. The Hall–Kier alpha value is -2.78. The van der Waals surface area contributed by atoms with Gasteiger partial charge in [-0.25, -0.2) is 9.78 Å². The highest BCUT2D eigenvalue weighted by molar-refractivity contribution is 5.73. The molecular weight excluding hydrogens is 351 g/mol. The summed E-state index contributed by atoms with van der Waals surface area (Å²) in [4.78, 5) is 15.5. The monoisotopic (exact) mass is 371 g/mol. The first-order valence-corrected chi connectivity index (χ1v) is 7.95. The predicted molar refractivity (Wildman–Crippen MR) is 87.4 cm³/mol. The summed E-state index contributed by atoms with van der Waals surface area (Å²) in [6.07, 6.45) is 0.433. The van der Waals surface area contributed by atoms with Gasteiger partial charge in [0.25, 0.3) is 0 Å². The van der Waals surface area contributed by atoms with Crippen LogP contribution < -0.4 is 15.4 Å². The van der Waals surface area contributed by atoms with E-state index >= 15 is 0 Å². The molecule has 0 aliphatic carbocycles. The predicted octanol–water partition coefficient (Wildman–Crippen LogP) is 2.35. The third kappa shape index (κ3) is 7.41. The minimum atomic E-state index is -4.43. The molecule has 10 heteroatoms. The lowest BCUT2D eigenvalue weighted by Gasteiger charge is -2.14. The first-order valence-electron chi connectivity index (χ1n) is 7.95. The lowest BCUT2D eigenvalue weighted by atomic mass is 10.2. The van der Waals surface area contributed by atoms with Gasteiger partial charge < -0.3 is 15.4 Å². The Labute approximate surface area is 148 Å². The van der Waals surface area contributed by atoms with Crippen molar-refractivity contribution in [2.24, 2.45) is 5.92 Å². The van der Waals surface area contributed by atoms with Gasteiger partial charge in [0.15, 0.2) is 6.61 Å². The summed E-state index contributed by atoms with van der Waals surface area (Å²) >= 11 is 0. The van der Waals surface area contributed by atoms with Crippen LogP contribution in [0.3, 0.4) is 0 Å². The first kappa shape index (κ1) is 19.5. The largest absolute Gasteiger partial charge is 0.468 e. The number of ether oxygens (including phenoxy) is 1. The Balaban J connectivity index is 1.71. The molecule has 2 aromatic rings. The molecule has 2 amide bonds. The van der Waals surface area contributed by atoms with Crippen LogP contribution >= 0.6 is 0 Å². The molecule has 2 aromatic heterocycles. The summed E-state index contributed by atoms with van der Waals surface area (Å²) in [6.45, 7) is 1.85. The number of carbonyl (C=O) groups is 1. The van der Waals surface area contributed by atoms with E-state index < -0.39 is 12.8 Å². The van der Waals surface area contributed by atoms with Gasteiger partial charge in [0, 0.05) is 44.3 Å². The molecule has 0 fully saturated rings. The molecule has 0 aliphatic rings. The number of hydrogen-bond donors (Lipinski definition) is 2. The topological polar surface area (TPSA) is 81.1 Å². The second-order valence-corrected chi connectivity index (χ2v) is 5.80. The maximum atomic E-state index is 12.1. The quantitative estimate of drug-likeness (QED) is 0.746. The standard InChI is InChI=1S/C16H20F3N5O2/c1-12(10-24-6-2-4-23-24)8-21-15(25)22-9-13-3-5-20-14(7-13)26-11-16(17,18)19/h2-7,12H,8-11H2,1H3,(H2,21,22,25). The molecule has 0 aromatic carbocycles. The molecule has 0 bridgehead atoms. The van der Waals surface area contributed by atoms with E-state index in [4.69, 9.17) is 0 Å². The highest BCUT2D eigenvalue weighted by atomic mass is 19.4. The van der Waals surface area contributed by atoms with E-state index in [2.05, 4.69) is 25.5 Å². The van der Waals surface area contributed by atoms with Gasteiger partial charge in [0.05, 0.1) is 0 Å². The van der Waals surface area contributed by atoms with Crippen molar-refractivity contribution in [1.82, 2.24) is 25.4 Å². The van der Waals surface area contributed by atoms with Gasteiger partial charge in [-0.15, -0.1) is 0 Å². The van der Waals surface area contributed by atoms with Crippen molar-refractivity contribution in [3.8, 4) is 5.88 Å². The van der Waals surface area contributed by atoms with Crippen LogP contribution in [0.4, 0.5) is 18.0 Å². The summed E-state index contributed by atoms with van der Waals surface area (Å²) < 4.78 is 42.8. The van der Waals surface area contributed by atoms with Crippen LogP contribution in [0.2, 0.25) is 0 Å². The van der Waals surface area contributed by atoms with Crippen molar-refractivity contribution in [2.75, 3.05) is 13.2 Å². The number of nitrogens with zero attached hydrogens (tertiary/aromatic N) is 3. The van der Waals surface area contributed by atoms with Crippen LogP contribution in [-0.4, -0.2) is 40.1 Å². The van der Waals surface area contributed by atoms with Crippen LogP contribution in [0.25, 0.3) is 0 Å². The SMILES string of the molecule is CC(CNC(=O)NCc1ccnc(OCC(F)(F)F)c1)Cn1cccn1. The number of pyridine rings is 1. The van der Waals surface area contributed by atoms with Crippen molar-refractivity contribution in [3.05, 3.63) is 42.4 Å². The molecule has 26 heavy (non-hydrogen) atoms. The summed E-state index contributed by atoms with van der Waals surface area (Å²) in [6, 6.07) is 4.40. The van der Waals surface area contributed by atoms with E-state index in [1.807, 2.05) is 19.2 Å². The van der Waals surface area contributed by atoms with E-state index in [1.165, 1.54) is 12.3 Å². The van der Waals surface area contributed by atoms with E-state index in [0.717, 1.165) is 0 Å². The van der Waals surface area contributed by atoms with Crippen molar-refractivity contribution in [1.29, 1.82) is 0 Å². The average Bonchev–Trinajstić information content (AvgIpc) is 3.09. The van der Waals surface area contributed by atoms with Gasteiger partial charge in [-0.3, -0.25) is 4.68 Å². The normalized spacial score (nSPS) is 12.5. The highest BCUT2D eigenvalue weighted by Gasteiger charge is 2.28. The molecule has 2 rings (SSSR count). The Morgan fingerprint density at radius 1 is 1.35 bits per heavy atom. The van der Waals surface area contributed by atoms with Gasteiger partial charge >= 0.3 is 12.2 Å². The summed E-state index contributed by atoms with van der Waals surface area (Å²) in [5.74, 6) is 0.0406. The fourth-order valence-corrected chi connectivity index (χ4v) is 2.10. The molecule has 7 nitrogen and oxygen atoms in total. The smallest absolute Gasteiger partial charge is 0.422 e. The Kier molecular flexibility index (Phi) is 6.81. The molecule has 2 heterocycles. The van der Waals surface area contributed by atoms with E-state index in [9.17, 15) is 18.0 Å². The van der Waals surface area contributed by atoms with Gasteiger partial charge in [-0.2, -0.15) is 18.3 Å². The fraction of sp³-hybridized carbons (Fsp3) is 0.438. The number of carbonyl (C=O) groups excluding carboxylic acids is 1. The molecule has 1 unspecified atom stereocenters. The highest BCUT2D eigenvalue weighted by Crippen LogP contribution is 2.17. The first-order chi connectivity index (χ1) is 12.3. The molecule has 142 valence electrons. The van der Waals surface area contributed by atoms with Crippen LogP contribution in [0, 0.1) is 5.92 Å². The second-order valence-electron chi connectivity index (χ2n) is 5.80. The van der Waals surface area contributed by atoms with Crippen LogP contribution in [-0.2, 0) is 13.1 Å². The Morgan fingerprint density at radius 3 is 2.85 bits per heavy atom. The third-order valence-electron chi connectivity index (χ3n) is 3.31. The second kappa shape index (κ2) is 9.07. The average molecular weight is 371 g/mol. The third-order valence-corrected chi connectivity index (χ3v) is 3.31. The molecule has 1 atom stereocenters. The number of nitrogens with one attached hydrogen (secondary N) is 2. The minimum absolute atomic E-state index is 0.143. The van der Waals surface area contributed by atoms with Gasteiger partial charge in [0.1, 0.15) is 0 Å². The lowest BCUT2D eigenvalue weighted by molar-refractivity contribution is -0.154. The van der Waals surface area contributed by atoms with Gasteiger partial charge in [0.2, 0.25) is 5.88 Å². The minimum Gasteiger partial charge on any atom is -0.468 e. The van der Waals surface area contributed by atoms with Crippen molar-refractivity contribution in [2.45, 2.75) is 26.2 Å². The van der Waals surface area contributed by atoms with E-state index in [0.29, 0.717) is 18.7 Å². The molecule has 2 N–H and O–H groups in total. The van der Waals surface area contributed by atoms with E-state index in [1.54, 1.807) is 16.9 Å². The summed E-state index contributed by atoms with van der Waals surface area (Å²) in [5, 5.41) is 9.47. The number of aromatic nitrogens is 3. The lowest BCUT2D eigenvalue weighted by Crippen LogP contribution is -2.38. The van der Waals surface area contributed by atoms with E-state index in [-0.39, 0.29) is 24.4 Å². The molecule has 0 saturated heterocycles. The zero-order valence-corrected chi connectivity index (χ0v) is 14.2. The van der Waals surface area contributed by atoms with Crippen LogP contribution in [0.15, 0.2) is 36.8 Å². The zero-order valence-electron chi connectivity index (χ0n) is 14.2. The summed E-state index contributed by atoms with van der Waals surface area (Å²) in [5.41, 5.74) is 0.580. The van der Waals surface area contributed by atoms with Gasteiger partial charge in [-0.05, 0) is 23.6 Å². The number of alkyl halides is 3. The Bertz CT molecular complexity index is 691. The number of amides is 2. The Morgan fingerprint density at radius 2 is 2.15 bits per heavy atom. The number of hydrogen-bond acceptors (Lipinski definition) is 4. The number of halogens is 3. The fourth-order valence-electron chi connectivity index (χ4n) is 2.10. The molecule has 0 aliphatic heterocycles. The number of urea groups is 1. The molecule has 0 spiro atoms. The molecular formula is C16H20F3N5O2. The van der Waals surface area contributed by atoms with Crippen LogP contribution in [0.1, 0.15) is 12.5 Å². The summed E-state index contributed by atoms with van der Waals surface area (Å²) in [7, 11) is 0. The maximum absolute atomic E-state index is 12.1. The van der Waals surface area contributed by atoms with Crippen molar-refractivity contribution < 1.29 is 22.7 Å². The number of rotatable bonds is 8. The molecule has 0 saturated carbocycles. The van der Waals surface area contributed by atoms with Crippen molar-refractivity contribution in [3.63, 3.8) is 0 Å².